The number of hydrogen-bond donors (Lipinski definition) is 1. The lowest BCUT2D eigenvalue weighted by Gasteiger charge is -2.14. The molecule has 4 nitrogen and oxygen atoms in total. The normalized spacial score (nSPS) is 12.7. The molecule has 0 aliphatic rings. The molecule has 0 saturated carbocycles. The number of aromatic nitrogens is 1. The van der Waals surface area contributed by atoms with Crippen molar-refractivity contribution in [1.82, 2.24) is 4.57 Å². The van der Waals surface area contributed by atoms with E-state index in [9.17, 15) is 4.79 Å². The number of oxazole rings is 1. The molecule has 4 heteroatoms. The van der Waals surface area contributed by atoms with Gasteiger partial charge in [0.1, 0.15) is 0 Å². The van der Waals surface area contributed by atoms with Gasteiger partial charge in [-0.05, 0) is 30.2 Å². The molecule has 0 spiro atoms. The molecule has 1 aromatic heterocycles. The summed E-state index contributed by atoms with van der Waals surface area (Å²) in [5.41, 5.74) is 9.79. The Bertz CT molecular complexity index is 801. The third-order valence-electron chi connectivity index (χ3n) is 3.54. The van der Waals surface area contributed by atoms with E-state index in [0.717, 1.165) is 16.6 Å². The van der Waals surface area contributed by atoms with E-state index in [0.29, 0.717) is 12.1 Å². The Labute approximate surface area is 116 Å². The minimum absolute atomic E-state index is 0.241. The number of rotatable bonds is 3. The molecule has 2 N–H and O–H groups in total. The van der Waals surface area contributed by atoms with E-state index in [1.165, 1.54) is 0 Å². The van der Waals surface area contributed by atoms with E-state index in [4.69, 9.17) is 10.2 Å². The van der Waals surface area contributed by atoms with Crippen LogP contribution in [0.4, 0.5) is 0 Å². The average Bonchev–Trinajstić information content (AvgIpc) is 2.76. The van der Waals surface area contributed by atoms with Gasteiger partial charge >= 0.3 is 5.76 Å². The fraction of sp³-hybridized carbons (Fsp3) is 0.188. The topological polar surface area (TPSA) is 61.2 Å². The number of nitrogens with zero attached hydrogens (tertiary/aromatic N) is 1. The minimum atomic E-state index is -0.366. The molecular formula is C16H16N2O2. The third-order valence-corrected chi connectivity index (χ3v) is 3.54. The molecule has 1 unspecified atom stereocenters. The largest absolute Gasteiger partial charge is 0.420 e. The first-order chi connectivity index (χ1) is 9.66. The second-order valence-corrected chi connectivity index (χ2v) is 4.91. The van der Waals surface area contributed by atoms with Crippen molar-refractivity contribution < 1.29 is 4.42 Å². The van der Waals surface area contributed by atoms with Crippen molar-refractivity contribution in [2.24, 2.45) is 5.73 Å². The van der Waals surface area contributed by atoms with Crippen LogP contribution in [0.1, 0.15) is 17.2 Å². The fourth-order valence-corrected chi connectivity index (χ4v) is 2.48. The van der Waals surface area contributed by atoms with Crippen LogP contribution in [0, 0.1) is 6.92 Å². The van der Waals surface area contributed by atoms with Crippen molar-refractivity contribution >= 4 is 11.1 Å². The molecule has 2 aromatic carbocycles. The minimum Gasteiger partial charge on any atom is -0.408 e. The Morgan fingerprint density at radius 1 is 1.15 bits per heavy atom. The molecule has 0 aliphatic heterocycles. The molecule has 0 aliphatic carbocycles. The highest BCUT2D eigenvalue weighted by Crippen LogP contribution is 2.19. The van der Waals surface area contributed by atoms with Crippen LogP contribution in [0.5, 0.6) is 0 Å². The first kappa shape index (κ1) is 12.7. The van der Waals surface area contributed by atoms with Gasteiger partial charge in [-0.25, -0.2) is 4.79 Å². The highest BCUT2D eigenvalue weighted by Gasteiger charge is 2.14. The highest BCUT2D eigenvalue weighted by molar-refractivity contribution is 5.72. The van der Waals surface area contributed by atoms with Crippen LogP contribution < -0.4 is 11.5 Å². The maximum atomic E-state index is 11.9. The second-order valence-electron chi connectivity index (χ2n) is 4.91. The predicted octanol–water partition coefficient (Wildman–Crippen LogP) is 2.60. The summed E-state index contributed by atoms with van der Waals surface area (Å²) < 4.78 is 6.81. The van der Waals surface area contributed by atoms with Gasteiger partial charge in [-0.3, -0.25) is 4.57 Å². The zero-order valence-corrected chi connectivity index (χ0v) is 11.2. The smallest absolute Gasteiger partial charge is 0.408 e. The number of fused-ring (bicyclic) bond motifs is 1. The van der Waals surface area contributed by atoms with Crippen LogP contribution in [-0.2, 0) is 6.54 Å². The van der Waals surface area contributed by atoms with Crippen molar-refractivity contribution in [3.05, 3.63) is 70.2 Å². The van der Waals surface area contributed by atoms with Crippen molar-refractivity contribution in [1.29, 1.82) is 0 Å². The SMILES string of the molecule is Cc1ccccc1C(N)Cn1c(=O)oc2ccccc21. The summed E-state index contributed by atoms with van der Waals surface area (Å²) in [5, 5.41) is 0. The molecule has 0 amide bonds. The average molecular weight is 268 g/mol. The van der Waals surface area contributed by atoms with E-state index in [1.807, 2.05) is 49.4 Å². The number of benzene rings is 2. The monoisotopic (exact) mass is 268 g/mol. The Kier molecular flexibility index (Phi) is 3.16. The molecule has 3 aromatic rings. The van der Waals surface area contributed by atoms with E-state index in [2.05, 4.69) is 0 Å². The molecule has 0 fully saturated rings. The van der Waals surface area contributed by atoms with Gasteiger partial charge < -0.3 is 10.2 Å². The van der Waals surface area contributed by atoms with Crippen molar-refractivity contribution in [3.8, 4) is 0 Å². The Morgan fingerprint density at radius 3 is 2.65 bits per heavy atom. The number of nitrogens with two attached hydrogens (primary N) is 1. The third kappa shape index (κ3) is 2.14. The van der Waals surface area contributed by atoms with Crippen LogP contribution in [0.3, 0.4) is 0 Å². The van der Waals surface area contributed by atoms with Crippen molar-refractivity contribution in [2.45, 2.75) is 19.5 Å². The lowest BCUT2D eigenvalue weighted by atomic mass is 10.0. The van der Waals surface area contributed by atoms with E-state index in [1.54, 1.807) is 10.6 Å². The van der Waals surface area contributed by atoms with E-state index in [-0.39, 0.29) is 11.8 Å². The summed E-state index contributed by atoms with van der Waals surface area (Å²) in [6.45, 7) is 2.42. The summed E-state index contributed by atoms with van der Waals surface area (Å²) in [6, 6.07) is 15.1. The first-order valence-corrected chi connectivity index (χ1v) is 6.56. The second kappa shape index (κ2) is 4.98. The van der Waals surface area contributed by atoms with E-state index >= 15 is 0 Å². The van der Waals surface area contributed by atoms with Crippen molar-refractivity contribution in [2.75, 3.05) is 0 Å². The standard InChI is InChI=1S/C16H16N2O2/c1-11-6-2-3-7-12(11)13(17)10-18-14-8-4-5-9-15(14)20-16(18)19/h2-9,13H,10,17H2,1H3. The quantitative estimate of drug-likeness (QED) is 0.794. The molecule has 0 radical (unpaired) electrons. The first-order valence-electron chi connectivity index (χ1n) is 6.56. The highest BCUT2D eigenvalue weighted by atomic mass is 16.4. The summed E-state index contributed by atoms with van der Waals surface area (Å²) in [5.74, 6) is -0.366. The number of aryl methyl sites for hydroxylation is 1. The molecule has 3 rings (SSSR count). The molecular weight excluding hydrogens is 252 g/mol. The lowest BCUT2D eigenvalue weighted by Crippen LogP contribution is -2.24. The van der Waals surface area contributed by atoms with Crippen LogP contribution in [0.25, 0.3) is 11.1 Å². The predicted molar refractivity (Wildman–Crippen MR) is 78.6 cm³/mol. The van der Waals surface area contributed by atoms with Crippen LogP contribution in [0.2, 0.25) is 0 Å². The van der Waals surface area contributed by atoms with Crippen LogP contribution >= 0.6 is 0 Å². The van der Waals surface area contributed by atoms with E-state index < -0.39 is 0 Å². The number of hydrogen-bond acceptors (Lipinski definition) is 3. The Morgan fingerprint density at radius 2 is 1.85 bits per heavy atom. The van der Waals surface area contributed by atoms with Crippen LogP contribution in [0.15, 0.2) is 57.7 Å². The molecule has 0 saturated heterocycles. The molecule has 0 bridgehead atoms. The van der Waals surface area contributed by atoms with Crippen molar-refractivity contribution in [3.63, 3.8) is 0 Å². The molecule has 102 valence electrons. The number of para-hydroxylation sites is 2. The fourth-order valence-electron chi connectivity index (χ4n) is 2.48. The van der Waals surface area contributed by atoms with Crippen LogP contribution in [-0.4, -0.2) is 4.57 Å². The summed E-state index contributed by atoms with van der Waals surface area (Å²) in [7, 11) is 0. The summed E-state index contributed by atoms with van der Waals surface area (Å²) in [4.78, 5) is 11.9. The Hall–Kier alpha value is -2.33. The lowest BCUT2D eigenvalue weighted by molar-refractivity contribution is 0.480. The van der Waals surface area contributed by atoms with Gasteiger partial charge in [0.15, 0.2) is 5.58 Å². The maximum absolute atomic E-state index is 11.9. The Balaban J connectivity index is 2.00. The zero-order valence-electron chi connectivity index (χ0n) is 11.2. The molecule has 20 heavy (non-hydrogen) atoms. The zero-order chi connectivity index (χ0) is 14.1. The molecule has 1 heterocycles. The van der Waals surface area contributed by atoms with Gasteiger partial charge in [-0.15, -0.1) is 0 Å². The maximum Gasteiger partial charge on any atom is 0.420 e. The van der Waals surface area contributed by atoms with Gasteiger partial charge in [0.05, 0.1) is 5.52 Å². The summed E-state index contributed by atoms with van der Waals surface area (Å²) >= 11 is 0. The molecule has 1 atom stereocenters. The van der Waals surface area contributed by atoms with Gasteiger partial charge in [0.2, 0.25) is 0 Å². The van der Waals surface area contributed by atoms with Gasteiger partial charge in [0.25, 0.3) is 0 Å². The van der Waals surface area contributed by atoms with Gasteiger partial charge in [-0.2, -0.15) is 0 Å². The van der Waals surface area contributed by atoms with Gasteiger partial charge in [-0.1, -0.05) is 36.4 Å². The van der Waals surface area contributed by atoms with Gasteiger partial charge in [0, 0.05) is 12.6 Å². The summed E-state index contributed by atoms with van der Waals surface area (Å²) in [6.07, 6.45) is 0.